The maximum absolute atomic E-state index is 12.8. The van der Waals surface area contributed by atoms with Gasteiger partial charge in [0.05, 0.1) is 0 Å². The van der Waals surface area contributed by atoms with Crippen LogP contribution in [-0.4, -0.2) is 20.4 Å². The number of rotatable bonds is 4. The van der Waals surface area contributed by atoms with Crippen molar-refractivity contribution in [3.05, 3.63) is 91.3 Å². The molecule has 0 aliphatic rings. The van der Waals surface area contributed by atoms with E-state index in [-0.39, 0.29) is 11.3 Å². The Morgan fingerprint density at radius 2 is 1.74 bits per heavy atom. The van der Waals surface area contributed by atoms with Gasteiger partial charge < -0.3 is 4.42 Å². The Kier molecular flexibility index (Phi) is 4.88. The van der Waals surface area contributed by atoms with E-state index in [0.29, 0.717) is 32.4 Å². The molecule has 5 rings (SSSR count). The second kappa shape index (κ2) is 7.72. The molecule has 5 aromatic rings. The molecule has 0 fully saturated rings. The Morgan fingerprint density at radius 3 is 2.42 bits per heavy atom. The number of carbonyl (C=O) groups is 1. The molecule has 0 unspecified atom stereocenters. The van der Waals surface area contributed by atoms with Crippen LogP contribution in [0.4, 0.5) is 0 Å². The van der Waals surface area contributed by atoms with Crippen LogP contribution in [0.5, 0.6) is 0 Å². The third kappa shape index (κ3) is 3.75. The molecular weight excluding hydrogens is 478 g/mol. The predicted octanol–water partition coefficient (Wildman–Crippen LogP) is 4.59. The molecule has 0 bridgehead atoms. The zero-order valence-electron chi connectivity index (χ0n) is 16.2. The zero-order chi connectivity index (χ0) is 21.5. The summed E-state index contributed by atoms with van der Waals surface area (Å²) < 4.78 is 8.65. The Labute approximate surface area is 188 Å². The maximum atomic E-state index is 12.8. The number of hydrogen-bond donors (Lipinski definition) is 0. The smallest absolute Gasteiger partial charge is 0.291 e. The third-order valence-electron chi connectivity index (χ3n) is 4.76. The summed E-state index contributed by atoms with van der Waals surface area (Å²) in [4.78, 5) is 29.2. The molecule has 0 atom stereocenters. The molecule has 8 heteroatoms. The lowest BCUT2D eigenvalue weighted by atomic mass is 10.1. The summed E-state index contributed by atoms with van der Waals surface area (Å²) in [5, 5.41) is 4.36. The molecule has 0 N–H and O–H groups in total. The van der Waals surface area contributed by atoms with Crippen LogP contribution in [0.25, 0.3) is 33.7 Å². The SMILES string of the molecule is CC(=O)c1ccc(-c2ccc(C=c3sc4nc(-c5ccc(Br)cc5)nn4c3=O)o2)cc1. The lowest BCUT2D eigenvalue weighted by Crippen LogP contribution is -2.23. The van der Waals surface area contributed by atoms with Gasteiger partial charge in [-0.2, -0.15) is 9.50 Å². The van der Waals surface area contributed by atoms with Gasteiger partial charge in [-0.3, -0.25) is 9.59 Å². The number of ketones is 1. The van der Waals surface area contributed by atoms with Crippen LogP contribution in [0, 0.1) is 0 Å². The summed E-state index contributed by atoms with van der Waals surface area (Å²) in [6.07, 6.45) is 1.69. The first-order valence-electron chi connectivity index (χ1n) is 9.36. The molecule has 0 saturated carbocycles. The van der Waals surface area contributed by atoms with Crippen molar-refractivity contribution in [3.8, 4) is 22.7 Å². The van der Waals surface area contributed by atoms with Crippen LogP contribution in [0.1, 0.15) is 23.0 Å². The second-order valence-electron chi connectivity index (χ2n) is 6.89. The number of Topliss-reactive ketones (excluding diaryl/α,β-unsaturated/α-hetero) is 1. The van der Waals surface area contributed by atoms with E-state index in [4.69, 9.17) is 4.42 Å². The molecule has 152 valence electrons. The van der Waals surface area contributed by atoms with E-state index in [2.05, 4.69) is 26.0 Å². The standard InChI is InChI=1S/C23H14BrN3O3S/c1-13(28)14-2-4-15(5-3-14)19-11-10-18(30-19)12-20-22(29)27-23(31-20)25-21(26-27)16-6-8-17(24)9-7-16/h2-12H,1H3. The summed E-state index contributed by atoms with van der Waals surface area (Å²) in [5.74, 6) is 1.74. The van der Waals surface area contributed by atoms with Crippen LogP contribution in [0.15, 0.2) is 74.3 Å². The van der Waals surface area contributed by atoms with Gasteiger partial charge in [-0.1, -0.05) is 63.7 Å². The molecule has 0 radical (unpaired) electrons. The quantitative estimate of drug-likeness (QED) is 0.343. The second-order valence-corrected chi connectivity index (χ2v) is 8.81. The number of fused-ring (bicyclic) bond motifs is 1. The van der Waals surface area contributed by atoms with E-state index in [1.165, 1.54) is 22.8 Å². The number of benzene rings is 2. The molecule has 0 spiro atoms. The van der Waals surface area contributed by atoms with Gasteiger partial charge in [0.15, 0.2) is 11.6 Å². The van der Waals surface area contributed by atoms with Gasteiger partial charge in [-0.05, 0) is 31.2 Å². The van der Waals surface area contributed by atoms with E-state index in [9.17, 15) is 9.59 Å². The van der Waals surface area contributed by atoms with E-state index in [1.807, 2.05) is 42.5 Å². The molecule has 0 aliphatic carbocycles. The summed E-state index contributed by atoms with van der Waals surface area (Å²) >= 11 is 4.66. The average molecular weight is 492 g/mol. The highest BCUT2D eigenvalue weighted by molar-refractivity contribution is 9.10. The van der Waals surface area contributed by atoms with Crippen molar-refractivity contribution < 1.29 is 9.21 Å². The van der Waals surface area contributed by atoms with Gasteiger partial charge in [0.2, 0.25) is 4.96 Å². The van der Waals surface area contributed by atoms with E-state index < -0.39 is 0 Å². The summed E-state index contributed by atoms with van der Waals surface area (Å²) in [6.45, 7) is 1.53. The largest absolute Gasteiger partial charge is 0.457 e. The fourth-order valence-corrected chi connectivity index (χ4v) is 4.29. The number of nitrogens with zero attached hydrogens (tertiary/aromatic N) is 3. The van der Waals surface area contributed by atoms with Crippen LogP contribution in [-0.2, 0) is 0 Å². The molecule has 0 amide bonds. The van der Waals surface area contributed by atoms with Crippen molar-refractivity contribution in [3.63, 3.8) is 0 Å². The number of aromatic nitrogens is 3. The fourth-order valence-electron chi connectivity index (χ4n) is 3.14. The van der Waals surface area contributed by atoms with Gasteiger partial charge >= 0.3 is 0 Å². The van der Waals surface area contributed by atoms with Gasteiger partial charge in [0.1, 0.15) is 16.1 Å². The van der Waals surface area contributed by atoms with Gasteiger partial charge in [0.25, 0.3) is 5.56 Å². The summed E-state index contributed by atoms with van der Waals surface area (Å²) in [6, 6.07) is 18.5. The molecule has 3 aromatic heterocycles. The molecule has 0 saturated heterocycles. The number of carbonyl (C=O) groups excluding carboxylic acids is 1. The predicted molar refractivity (Wildman–Crippen MR) is 123 cm³/mol. The van der Waals surface area contributed by atoms with E-state index in [0.717, 1.165) is 15.6 Å². The Balaban J connectivity index is 1.47. The molecular formula is C23H14BrN3O3S. The minimum atomic E-state index is -0.236. The third-order valence-corrected chi connectivity index (χ3v) is 6.25. The lowest BCUT2D eigenvalue weighted by molar-refractivity contribution is 0.101. The minimum absolute atomic E-state index is 0.0163. The first-order valence-corrected chi connectivity index (χ1v) is 11.0. The normalized spacial score (nSPS) is 12.0. The minimum Gasteiger partial charge on any atom is -0.457 e. The zero-order valence-corrected chi connectivity index (χ0v) is 18.6. The molecule has 0 aliphatic heterocycles. The highest BCUT2D eigenvalue weighted by Gasteiger charge is 2.13. The number of halogens is 1. The lowest BCUT2D eigenvalue weighted by Gasteiger charge is -1.98. The maximum Gasteiger partial charge on any atom is 0.291 e. The van der Waals surface area contributed by atoms with E-state index >= 15 is 0 Å². The summed E-state index contributed by atoms with van der Waals surface area (Å²) in [7, 11) is 0. The number of thiazole rings is 1. The monoisotopic (exact) mass is 491 g/mol. The highest BCUT2D eigenvalue weighted by Crippen LogP contribution is 2.23. The van der Waals surface area contributed by atoms with Crippen LogP contribution < -0.4 is 10.1 Å². The first kappa shape index (κ1) is 19.6. The van der Waals surface area contributed by atoms with Crippen molar-refractivity contribution in [1.29, 1.82) is 0 Å². The van der Waals surface area contributed by atoms with Crippen molar-refractivity contribution >= 4 is 44.1 Å². The van der Waals surface area contributed by atoms with Gasteiger partial charge in [-0.15, -0.1) is 5.10 Å². The van der Waals surface area contributed by atoms with Crippen LogP contribution >= 0.6 is 27.3 Å². The molecule has 6 nitrogen and oxygen atoms in total. The van der Waals surface area contributed by atoms with Crippen molar-refractivity contribution in [2.24, 2.45) is 0 Å². The van der Waals surface area contributed by atoms with E-state index in [1.54, 1.807) is 24.3 Å². The number of hydrogen-bond acceptors (Lipinski definition) is 6. The molecule has 3 heterocycles. The Morgan fingerprint density at radius 1 is 1.03 bits per heavy atom. The fraction of sp³-hybridized carbons (Fsp3) is 0.0435. The van der Waals surface area contributed by atoms with Crippen LogP contribution in [0.3, 0.4) is 0 Å². The highest BCUT2D eigenvalue weighted by atomic mass is 79.9. The topological polar surface area (TPSA) is 77.5 Å². The Bertz CT molecular complexity index is 1530. The van der Waals surface area contributed by atoms with Gasteiger partial charge in [0, 0.05) is 27.2 Å². The molecule has 31 heavy (non-hydrogen) atoms. The molecule has 2 aromatic carbocycles. The van der Waals surface area contributed by atoms with Crippen molar-refractivity contribution in [2.75, 3.05) is 0 Å². The average Bonchev–Trinajstić information content (AvgIpc) is 3.47. The van der Waals surface area contributed by atoms with Crippen molar-refractivity contribution in [2.45, 2.75) is 6.92 Å². The summed E-state index contributed by atoms with van der Waals surface area (Å²) in [5.41, 5.74) is 2.11. The number of furan rings is 1. The van der Waals surface area contributed by atoms with Gasteiger partial charge in [-0.25, -0.2) is 0 Å². The van der Waals surface area contributed by atoms with Crippen LogP contribution in [0.2, 0.25) is 0 Å². The Hall–Kier alpha value is -3.36. The first-order chi connectivity index (χ1) is 15.0. The van der Waals surface area contributed by atoms with Crippen molar-refractivity contribution in [1.82, 2.24) is 14.6 Å².